The molecule has 3 heteroatoms. The van der Waals surface area contributed by atoms with E-state index in [2.05, 4.69) is 17.4 Å². The van der Waals surface area contributed by atoms with Gasteiger partial charge in [0.25, 0.3) is 0 Å². The zero-order valence-electron chi connectivity index (χ0n) is 11.5. The smallest absolute Gasteiger partial charge is 0.119 e. The molecular formula is C17H19NO2. The fourth-order valence-corrected chi connectivity index (χ4v) is 2.76. The third-order valence-electron chi connectivity index (χ3n) is 3.90. The highest BCUT2D eigenvalue weighted by atomic mass is 16.5. The van der Waals surface area contributed by atoms with Gasteiger partial charge in [0.2, 0.25) is 0 Å². The zero-order valence-corrected chi connectivity index (χ0v) is 11.5. The fourth-order valence-electron chi connectivity index (χ4n) is 2.76. The molecule has 0 saturated heterocycles. The number of hydrogen-bond acceptors (Lipinski definition) is 3. The number of methoxy groups -OCH3 is 1. The number of benzene rings is 2. The van der Waals surface area contributed by atoms with E-state index in [1.165, 1.54) is 11.1 Å². The van der Waals surface area contributed by atoms with Gasteiger partial charge in [-0.05, 0) is 35.2 Å². The van der Waals surface area contributed by atoms with Gasteiger partial charge in [0.1, 0.15) is 5.75 Å². The Morgan fingerprint density at radius 1 is 1.20 bits per heavy atom. The van der Waals surface area contributed by atoms with Crippen LogP contribution >= 0.6 is 0 Å². The van der Waals surface area contributed by atoms with E-state index < -0.39 is 6.10 Å². The standard InChI is InChI=1S/C17H19NO2/c1-20-14-8-7-13-9-16(17(19)15(13)10-14)18-11-12-5-3-2-4-6-12/h2-8,10,16-19H,9,11H2,1H3/t16-,17+/m1/s1. The molecule has 0 radical (unpaired) electrons. The molecule has 2 atom stereocenters. The van der Waals surface area contributed by atoms with Crippen LogP contribution < -0.4 is 10.1 Å². The molecule has 0 unspecified atom stereocenters. The largest absolute Gasteiger partial charge is 0.497 e. The monoisotopic (exact) mass is 269 g/mol. The van der Waals surface area contributed by atoms with Crippen LogP contribution in [0.25, 0.3) is 0 Å². The van der Waals surface area contributed by atoms with Gasteiger partial charge in [0, 0.05) is 12.6 Å². The number of ether oxygens (including phenoxy) is 1. The van der Waals surface area contributed by atoms with Gasteiger partial charge in [0.15, 0.2) is 0 Å². The Bertz CT molecular complexity index is 583. The highest BCUT2D eigenvalue weighted by molar-refractivity contribution is 5.41. The number of nitrogens with one attached hydrogen (secondary N) is 1. The van der Waals surface area contributed by atoms with Gasteiger partial charge in [-0.3, -0.25) is 0 Å². The molecule has 0 bridgehead atoms. The summed E-state index contributed by atoms with van der Waals surface area (Å²) in [5.74, 6) is 0.798. The number of fused-ring (bicyclic) bond motifs is 1. The summed E-state index contributed by atoms with van der Waals surface area (Å²) < 4.78 is 5.22. The Morgan fingerprint density at radius 2 is 2.00 bits per heavy atom. The van der Waals surface area contributed by atoms with E-state index in [1.54, 1.807) is 7.11 Å². The van der Waals surface area contributed by atoms with E-state index in [-0.39, 0.29) is 6.04 Å². The van der Waals surface area contributed by atoms with Crippen LogP contribution in [0.1, 0.15) is 22.8 Å². The summed E-state index contributed by atoms with van der Waals surface area (Å²) in [7, 11) is 1.65. The SMILES string of the molecule is COc1ccc2c(c1)[C@H](O)[C@H](NCc1ccccc1)C2. The van der Waals surface area contributed by atoms with Crippen molar-refractivity contribution >= 4 is 0 Å². The second-order valence-corrected chi connectivity index (χ2v) is 5.19. The minimum atomic E-state index is -0.469. The van der Waals surface area contributed by atoms with E-state index in [0.29, 0.717) is 0 Å². The number of aliphatic hydroxyl groups excluding tert-OH is 1. The second-order valence-electron chi connectivity index (χ2n) is 5.19. The van der Waals surface area contributed by atoms with Crippen LogP contribution in [0.4, 0.5) is 0 Å². The van der Waals surface area contributed by atoms with Crippen LogP contribution in [0.2, 0.25) is 0 Å². The minimum Gasteiger partial charge on any atom is -0.497 e. The molecule has 2 N–H and O–H groups in total. The lowest BCUT2D eigenvalue weighted by Crippen LogP contribution is -2.32. The third kappa shape index (κ3) is 2.55. The predicted octanol–water partition coefficient (Wildman–Crippen LogP) is 2.44. The van der Waals surface area contributed by atoms with Crippen molar-refractivity contribution in [1.82, 2.24) is 5.32 Å². The predicted molar refractivity (Wildman–Crippen MR) is 78.7 cm³/mol. The molecule has 0 fully saturated rings. The van der Waals surface area contributed by atoms with Gasteiger partial charge >= 0.3 is 0 Å². The molecule has 0 saturated carbocycles. The average molecular weight is 269 g/mol. The van der Waals surface area contributed by atoms with E-state index in [4.69, 9.17) is 4.74 Å². The maximum Gasteiger partial charge on any atom is 0.119 e. The summed E-state index contributed by atoms with van der Waals surface area (Å²) in [5, 5.41) is 13.9. The molecule has 3 nitrogen and oxygen atoms in total. The highest BCUT2D eigenvalue weighted by Gasteiger charge is 2.30. The lowest BCUT2D eigenvalue weighted by Gasteiger charge is -2.17. The van der Waals surface area contributed by atoms with Crippen molar-refractivity contribution in [3.05, 3.63) is 65.2 Å². The van der Waals surface area contributed by atoms with Gasteiger partial charge in [-0.25, -0.2) is 0 Å². The van der Waals surface area contributed by atoms with Crippen LogP contribution in [0.5, 0.6) is 5.75 Å². The molecule has 20 heavy (non-hydrogen) atoms. The molecule has 0 amide bonds. The van der Waals surface area contributed by atoms with Gasteiger partial charge in [-0.2, -0.15) is 0 Å². The van der Waals surface area contributed by atoms with Crippen molar-refractivity contribution in [3.63, 3.8) is 0 Å². The summed E-state index contributed by atoms with van der Waals surface area (Å²) in [6.45, 7) is 0.772. The summed E-state index contributed by atoms with van der Waals surface area (Å²) in [6.07, 6.45) is 0.386. The first kappa shape index (κ1) is 13.2. The molecule has 104 valence electrons. The van der Waals surface area contributed by atoms with E-state index >= 15 is 0 Å². The maximum absolute atomic E-state index is 10.4. The molecule has 0 spiro atoms. The molecular weight excluding hydrogens is 250 g/mol. The van der Waals surface area contributed by atoms with E-state index in [9.17, 15) is 5.11 Å². The zero-order chi connectivity index (χ0) is 13.9. The van der Waals surface area contributed by atoms with Crippen molar-refractivity contribution in [2.24, 2.45) is 0 Å². The number of rotatable bonds is 4. The number of aliphatic hydroxyl groups is 1. The Kier molecular flexibility index (Phi) is 3.72. The Morgan fingerprint density at radius 3 is 2.75 bits per heavy atom. The van der Waals surface area contributed by atoms with Crippen molar-refractivity contribution in [1.29, 1.82) is 0 Å². The average Bonchev–Trinajstić information content (AvgIpc) is 2.82. The maximum atomic E-state index is 10.4. The normalized spacial score (nSPS) is 20.7. The van der Waals surface area contributed by atoms with Crippen LogP contribution in [0.3, 0.4) is 0 Å². The fraction of sp³-hybridized carbons (Fsp3) is 0.294. The minimum absolute atomic E-state index is 0.0670. The summed E-state index contributed by atoms with van der Waals surface area (Å²) in [4.78, 5) is 0. The first-order valence-corrected chi connectivity index (χ1v) is 6.90. The van der Waals surface area contributed by atoms with Crippen LogP contribution in [-0.4, -0.2) is 18.3 Å². The molecule has 2 aromatic rings. The Balaban J connectivity index is 1.69. The molecule has 2 aromatic carbocycles. The number of hydrogen-bond donors (Lipinski definition) is 2. The van der Waals surface area contributed by atoms with Crippen molar-refractivity contribution in [2.75, 3.05) is 7.11 Å². The van der Waals surface area contributed by atoms with Crippen LogP contribution in [0.15, 0.2) is 48.5 Å². The Hall–Kier alpha value is -1.84. The van der Waals surface area contributed by atoms with Crippen LogP contribution in [0, 0.1) is 0 Å². The second kappa shape index (κ2) is 5.65. The molecule has 0 aliphatic heterocycles. The quantitative estimate of drug-likeness (QED) is 0.896. The summed E-state index contributed by atoms with van der Waals surface area (Å²) >= 11 is 0. The molecule has 1 aliphatic carbocycles. The first-order chi connectivity index (χ1) is 9.78. The van der Waals surface area contributed by atoms with Gasteiger partial charge < -0.3 is 15.2 Å². The van der Waals surface area contributed by atoms with E-state index in [0.717, 1.165) is 24.3 Å². The van der Waals surface area contributed by atoms with E-state index in [1.807, 2.05) is 36.4 Å². The molecule has 1 aliphatic rings. The Labute approximate surface area is 119 Å². The first-order valence-electron chi connectivity index (χ1n) is 6.90. The van der Waals surface area contributed by atoms with Crippen molar-refractivity contribution in [3.8, 4) is 5.75 Å². The third-order valence-corrected chi connectivity index (χ3v) is 3.90. The lowest BCUT2D eigenvalue weighted by molar-refractivity contribution is 0.141. The molecule has 3 rings (SSSR count). The highest BCUT2D eigenvalue weighted by Crippen LogP contribution is 2.34. The van der Waals surface area contributed by atoms with Crippen molar-refractivity contribution in [2.45, 2.75) is 25.1 Å². The summed E-state index contributed by atoms with van der Waals surface area (Å²) in [6, 6.07) is 16.2. The lowest BCUT2D eigenvalue weighted by atomic mass is 10.1. The van der Waals surface area contributed by atoms with Gasteiger partial charge in [-0.15, -0.1) is 0 Å². The van der Waals surface area contributed by atoms with Gasteiger partial charge in [0.05, 0.1) is 13.2 Å². The van der Waals surface area contributed by atoms with Crippen molar-refractivity contribution < 1.29 is 9.84 Å². The molecule has 0 heterocycles. The molecule has 0 aromatic heterocycles. The summed E-state index contributed by atoms with van der Waals surface area (Å²) in [5.41, 5.74) is 3.41. The van der Waals surface area contributed by atoms with Gasteiger partial charge in [-0.1, -0.05) is 36.4 Å². The van der Waals surface area contributed by atoms with Crippen LogP contribution in [-0.2, 0) is 13.0 Å². The topological polar surface area (TPSA) is 41.5 Å².